The molecule has 3 nitrogen and oxygen atoms in total. The first-order chi connectivity index (χ1) is 9.10. The fourth-order valence-corrected chi connectivity index (χ4v) is 2.56. The summed E-state index contributed by atoms with van der Waals surface area (Å²) in [6.45, 7) is 9.17. The van der Waals surface area contributed by atoms with Crippen LogP contribution in [-0.4, -0.2) is 24.1 Å². The second-order valence-electron chi connectivity index (χ2n) is 5.68. The number of aromatic nitrogens is 1. The average molecular weight is 265 g/mol. The summed E-state index contributed by atoms with van der Waals surface area (Å²) >= 11 is 0. The molecule has 0 aromatic carbocycles. The fraction of sp³-hybridized carbons (Fsp3) is 0.667. The van der Waals surface area contributed by atoms with Gasteiger partial charge in [-0.2, -0.15) is 0 Å². The van der Waals surface area contributed by atoms with E-state index < -0.39 is 0 Å². The zero-order chi connectivity index (χ0) is 13.8. The molecule has 1 saturated heterocycles. The number of hydrogen-bond donors (Lipinski definition) is 1. The molecule has 4 heteroatoms. The van der Waals surface area contributed by atoms with Crippen LogP contribution in [0.3, 0.4) is 0 Å². The third-order valence-corrected chi connectivity index (χ3v) is 3.77. The van der Waals surface area contributed by atoms with Crippen molar-refractivity contribution in [3.05, 3.63) is 23.6 Å². The van der Waals surface area contributed by atoms with E-state index in [1.54, 1.807) is 6.07 Å². The van der Waals surface area contributed by atoms with Crippen molar-refractivity contribution < 1.29 is 4.39 Å². The maximum absolute atomic E-state index is 13.4. The van der Waals surface area contributed by atoms with Gasteiger partial charge in [0.05, 0.1) is 6.20 Å². The number of hydrogen-bond acceptors (Lipinski definition) is 3. The molecule has 19 heavy (non-hydrogen) atoms. The van der Waals surface area contributed by atoms with Crippen molar-refractivity contribution in [3.63, 3.8) is 0 Å². The lowest BCUT2D eigenvalue weighted by Gasteiger charge is -2.21. The molecule has 0 bridgehead atoms. The molecule has 1 aliphatic rings. The predicted molar refractivity (Wildman–Crippen MR) is 76.8 cm³/mol. The lowest BCUT2D eigenvalue weighted by atomic mass is 10.1. The van der Waals surface area contributed by atoms with E-state index in [4.69, 9.17) is 0 Å². The molecule has 1 aromatic rings. The van der Waals surface area contributed by atoms with Crippen molar-refractivity contribution in [2.24, 2.45) is 5.92 Å². The highest BCUT2D eigenvalue weighted by atomic mass is 19.1. The molecule has 0 amide bonds. The van der Waals surface area contributed by atoms with Gasteiger partial charge >= 0.3 is 0 Å². The van der Waals surface area contributed by atoms with Crippen LogP contribution in [0.2, 0.25) is 0 Å². The van der Waals surface area contributed by atoms with E-state index >= 15 is 0 Å². The van der Waals surface area contributed by atoms with Crippen LogP contribution in [0.1, 0.15) is 39.2 Å². The smallest absolute Gasteiger partial charge is 0.141 e. The van der Waals surface area contributed by atoms with Crippen LogP contribution >= 0.6 is 0 Å². The normalized spacial score (nSPS) is 19.4. The standard InChI is InChI=1S/C15H24FN3/c1-4-12-5-6-19(10-12)15-13(8-17-11(2)3)7-14(16)9-18-15/h7,9,11-12,17H,4-6,8,10H2,1-3H3. The molecular weight excluding hydrogens is 241 g/mol. The van der Waals surface area contributed by atoms with Gasteiger partial charge in [0, 0.05) is 31.2 Å². The highest BCUT2D eigenvalue weighted by molar-refractivity contribution is 5.47. The Morgan fingerprint density at radius 2 is 2.32 bits per heavy atom. The van der Waals surface area contributed by atoms with Crippen LogP contribution in [0.15, 0.2) is 12.3 Å². The molecule has 1 aliphatic heterocycles. The Morgan fingerprint density at radius 1 is 1.53 bits per heavy atom. The minimum Gasteiger partial charge on any atom is -0.356 e. The van der Waals surface area contributed by atoms with Crippen molar-refractivity contribution in [2.75, 3.05) is 18.0 Å². The van der Waals surface area contributed by atoms with E-state index in [0.717, 1.165) is 30.4 Å². The molecule has 2 rings (SSSR count). The number of rotatable bonds is 5. The molecule has 1 unspecified atom stereocenters. The summed E-state index contributed by atoms with van der Waals surface area (Å²) in [4.78, 5) is 6.61. The highest BCUT2D eigenvalue weighted by Gasteiger charge is 2.24. The molecule has 1 atom stereocenters. The largest absolute Gasteiger partial charge is 0.356 e. The summed E-state index contributed by atoms with van der Waals surface area (Å²) in [5.74, 6) is 1.44. The Morgan fingerprint density at radius 3 is 2.95 bits per heavy atom. The van der Waals surface area contributed by atoms with Gasteiger partial charge < -0.3 is 10.2 Å². The van der Waals surface area contributed by atoms with E-state index in [0.29, 0.717) is 12.6 Å². The van der Waals surface area contributed by atoms with Gasteiger partial charge in [-0.15, -0.1) is 0 Å². The Hall–Kier alpha value is -1.16. The summed E-state index contributed by atoms with van der Waals surface area (Å²) < 4.78 is 13.4. The fourth-order valence-electron chi connectivity index (χ4n) is 2.56. The SMILES string of the molecule is CCC1CCN(c2ncc(F)cc2CNC(C)C)C1. The molecule has 106 valence electrons. The molecule has 1 fully saturated rings. The van der Waals surface area contributed by atoms with Crippen LogP contribution in [0, 0.1) is 11.7 Å². The second-order valence-corrected chi connectivity index (χ2v) is 5.68. The lowest BCUT2D eigenvalue weighted by Crippen LogP contribution is -2.26. The van der Waals surface area contributed by atoms with Crippen LogP contribution in [0.5, 0.6) is 0 Å². The van der Waals surface area contributed by atoms with Crippen molar-refractivity contribution in [1.82, 2.24) is 10.3 Å². The molecule has 0 saturated carbocycles. The molecule has 0 spiro atoms. The summed E-state index contributed by atoms with van der Waals surface area (Å²) in [6.07, 6.45) is 3.75. The maximum Gasteiger partial charge on any atom is 0.141 e. The Bertz CT molecular complexity index is 420. The molecule has 1 N–H and O–H groups in total. The van der Waals surface area contributed by atoms with Crippen molar-refractivity contribution in [1.29, 1.82) is 0 Å². The van der Waals surface area contributed by atoms with E-state index in [9.17, 15) is 4.39 Å². The summed E-state index contributed by atoms with van der Waals surface area (Å²) in [5.41, 5.74) is 0.963. The third-order valence-electron chi connectivity index (χ3n) is 3.77. The summed E-state index contributed by atoms with van der Waals surface area (Å²) in [7, 11) is 0. The Labute approximate surface area is 115 Å². The van der Waals surface area contributed by atoms with Gasteiger partial charge in [-0.1, -0.05) is 27.2 Å². The number of nitrogens with zero attached hydrogens (tertiary/aromatic N) is 2. The molecule has 2 heterocycles. The van der Waals surface area contributed by atoms with Crippen molar-refractivity contribution >= 4 is 5.82 Å². The highest BCUT2D eigenvalue weighted by Crippen LogP contribution is 2.27. The first-order valence-corrected chi connectivity index (χ1v) is 7.23. The van der Waals surface area contributed by atoms with Gasteiger partial charge in [-0.3, -0.25) is 0 Å². The minimum atomic E-state index is -0.254. The quantitative estimate of drug-likeness (QED) is 0.887. The van der Waals surface area contributed by atoms with Gasteiger partial charge in [0.2, 0.25) is 0 Å². The minimum absolute atomic E-state index is 0.254. The van der Waals surface area contributed by atoms with Crippen LogP contribution in [-0.2, 0) is 6.54 Å². The predicted octanol–water partition coefficient (Wildman–Crippen LogP) is 2.96. The van der Waals surface area contributed by atoms with Gasteiger partial charge in [0.15, 0.2) is 0 Å². The number of halogens is 1. The summed E-state index contributed by atoms with van der Waals surface area (Å²) in [6, 6.07) is 2.00. The number of anilines is 1. The Balaban J connectivity index is 2.14. The van der Waals surface area contributed by atoms with Crippen LogP contribution in [0.25, 0.3) is 0 Å². The first kappa shape index (κ1) is 14.3. The topological polar surface area (TPSA) is 28.2 Å². The zero-order valence-corrected chi connectivity index (χ0v) is 12.1. The monoisotopic (exact) mass is 265 g/mol. The van der Waals surface area contributed by atoms with E-state index in [-0.39, 0.29) is 5.82 Å². The van der Waals surface area contributed by atoms with Gasteiger partial charge in [-0.25, -0.2) is 9.37 Å². The summed E-state index contributed by atoms with van der Waals surface area (Å²) in [5, 5.41) is 3.34. The third kappa shape index (κ3) is 3.66. The van der Waals surface area contributed by atoms with Gasteiger partial charge in [-0.05, 0) is 18.4 Å². The van der Waals surface area contributed by atoms with Crippen molar-refractivity contribution in [3.8, 4) is 0 Å². The molecule has 0 aliphatic carbocycles. The Kier molecular flexibility index (Phi) is 4.75. The average Bonchev–Trinajstić information content (AvgIpc) is 2.85. The number of nitrogens with one attached hydrogen (secondary N) is 1. The zero-order valence-electron chi connectivity index (χ0n) is 12.1. The van der Waals surface area contributed by atoms with Gasteiger partial charge in [0.25, 0.3) is 0 Å². The van der Waals surface area contributed by atoms with E-state index in [1.807, 2.05) is 0 Å². The number of pyridine rings is 1. The van der Waals surface area contributed by atoms with Crippen LogP contribution < -0.4 is 10.2 Å². The van der Waals surface area contributed by atoms with Crippen LogP contribution in [0.4, 0.5) is 10.2 Å². The molecule has 1 aromatic heterocycles. The van der Waals surface area contributed by atoms with Gasteiger partial charge in [0.1, 0.15) is 11.6 Å². The van der Waals surface area contributed by atoms with E-state index in [2.05, 4.69) is 36.0 Å². The first-order valence-electron chi connectivity index (χ1n) is 7.23. The molecular formula is C15H24FN3. The van der Waals surface area contributed by atoms with E-state index in [1.165, 1.54) is 19.0 Å². The lowest BCUT2D eigenvalue weighted by molar-refractivity contribution is 0.565. The molecule has 0 radical (unpaired) electrons. The second kappa shape index (κ2) is 6.33. The maximum atomic E-state index is 13.4. The van der Waals surface area contributed by atoms with Crippen molar-refractivity contribution in [2.45, 2.75) is 46.2 Å².